The molecule has 2 aliphatic heterocycles. The molecule has 5 nitrogen and oxygen atoms in total. The number of hydrogen-bond donors (Lipinski definition) is 1. The lowest BCUT2D eigenvalue weighted by Gasteiger charge is -2.41. The van der Waals surface area contributed by atoms with E-state index in [4.69, 9.17) is 9.47 Å². The Labute approximate surface area is 131 Å². The fourth-order valence-corrected chi connectivity index (χ4v) is 3.33. The van der Waals surface area contributed by atoms with Crippen molar-refractivity contribution in [1.29, 1.82) is 0 Å². The Morgan fingerprint density at radius 3 is 2.73 bits per heavy atom. The molecular weight excluding hydrogens is 280 g/mol. The van der Waals surface area contributed by atoms with Crippen LogP contribution >= 0.6 is 0 Å². The van der Waals surface area contributed by atoms with Crippen LogP contribution in [0.2, 0.25) is 0 Å². The first kappa shape index (κ1) is 15.5. The fourth-order valence-electron chi connectivity index (χ4n) is 3.33. The number of nitrogens with zero attached hydrogens (tertiary/aromatic N) is 1. The van der Waals surface area contributed by atoms with Gasteiger partial charge in [0.1, 0.15) is 11.7 Å². The second-order valence-electron chi connectivity index (χ2n) is 5.97. The van der Waals surface area contributed by atoms with E-state index in [-0.39, 0.29) is 12.0 Å². The van der Waals surface area contributed by atoms with Gasteiger partial charge in [0.15, 0.2) is 0 Å². The smallest absolute Gasteiger partial charge is 0.255 e. The first-order chi connectivity index (χ1) is 10.7. The third-order valence-electron chi connectivity index (χ3n) is 4.72. The number of carbonyl (C=O) groups is 1. The summed E-state index contributed by atoms with van der Waals surface area (Å²) in [6, 6.07) is 10.1. The third-order valence-corrected chi connectivity index (χ3v) is 4.72. The summed E-state index contributed by atoms with van der Waals surface area (Å²) < 4.78 is 11.5. The van der Waals surface area contributed by atoms with Crippen LogP contribution in [0.3, 0.4) is 0 Å². The number of rotatable bonds is 3. The molecule has 1 N–H and O–H groups in total. The highest BCUT2D eigenvalue weighted by Gasteiger charge is 2.43. The summed E-state index contributed by atoms with van der Waals surface area (Å²) in [5.41, 5.74) is 0.459. The maximum Gasteiger partial charge on any atom is 0.255 e. The minimum Gasteiger partial charge on any atom is -0.370 e. The van der Waals surface area contributed by atoms with Gasteiger partial charge >= 0.3 is 0 Å². The lowest BCUT2D eigenvalue weighted by Crippen LogP contribution is -2.57. The molecule has 0 aliphatic carbocycles. The SMILES string of the molecule is COC1(C(=O)N2CCOC(c3ccccc3)C2)CCNCC1. The topological polar surface area (TPSA) is 50.8 Å². The van der Waals surface area contributed by atoms with E-state index in [1.165, 1.54) is 0 Å². The summed E-state index contributed by atoms with van der Waals surface area (Å²) in [5.74, 6) is 0.112. The van der Waals surface area contributed by atoms with Crippen molar-refractivity contribution in [3.05, 3.63) is 35.9 Å². The van der Waals surface area contributed by atoms with E-state index < -0.39 is 5.60 Å². The number of carbonyl (C=O) groups excluding carboxylic acids is 1. The lowest BCUT2D eigenvalue weighted by atomic mass is 9.90. The highest BCUT2D eigenvalue weighted by Crippen LogP contribution is 2.29. The zero-order valence-corrected chi connectivity index (χ0v) is 13.1. The first-order valence-corrected chi connectivity index (χ1v) is 7.97. The molecule has 2 aliphatic rings. The number of amides is 1. The van der Waals surface area contributed by atoms with Gasteiger partial charge in [-0.15, -0.1) is 0 Å². The van der Waals surface area contributed by atoms with Gasteiger partial charge in [-0.3, -0.25) is 4.79 Å². The zero-order chi connectivity index (χ0) is 15.4. The number of piperidine rings is 1. The average molecular weight is 304 g/mol. The predicted octanol–water partition coefficient (Wildman–Crippen LogP) is 1.36. The molecule has 2 fully saturated rings. The summed E-state index contributed by atoms with van der Waals surface area (Å²) in [6.07, 6.45) is 1.42. The van der Waals surface area contributed by atoms with Crippen LogP contribution in [0.4, 0.5) is 0 Å². The Hall–Kier alpha value is -1.43. The number of hydrogen-bond acceptors (Lipinski definition) is 4. The van der Waals surface area contributed by atoms with Gasteiger partial charge in [0, 0.05) is 13.7 Å². The first-order valence-electron chi connectivity index (χ1n) is 7.97. The van der Waals surface area contributed by atoms with Crippen molar-refractivity contribution in [3.63, 3.8) is 0 Å². The molecule has 1 aromatic rings. The van der Waals surface area contributed by atoms with Crippen molar-refractivity contribution in [2.24, 2.45) is 0 Å². The molecule has 0 aromatic heterocycles. The van der Waals surface area contributed by atoms with E-state index in [0.717, 1.165) is 31.5 Å². The minimum absolute atomic E-state index is 0.0467. The molecule has 3 rings (SSSR count). The van der Waals surface area contributed by atoms with Crippen molar-refractivity contribution >= 4 is 5.91 Å². The molecule has 0 bridgehead atoms. The van der Waals surface area contributed by atoms with E-state index in [0.29, 0.717) is 19.7 Å². The largest absolute Gasteiger partial charge is 0.370 e. The Kier molecular flexibility index (Phi) is 4.76. The Morgan fingerprint density at radius 2 is 2.05 bits per heavy atom. The molecule has 2 saturated heterocycles. The van der Waals surface area contributed by atoms with E-state index in [2.05, 4.69) is 17.4 Å². The summed E-state index contributed by atoms with van der Waals surface area (Å²) in [6.45, 7) is 3.46. The van der Waals surface area contributed by atoms with Gasteiger partial charge in [0.2, 0.25) is 0 Å². The van der Waals surface area contributed by atoms with E-state index >= 15 is 0 Å². The Bertz CT molecular complexity index is 500. The summed E-state index contributed by atoms with van der Waals surface area (Å²) in [5, 5.41) is 3.29. The molecule has 120 valence electrons. The Morgan fingerprint density at radius 1 is 1.32 bits per heavy atom. The molecule has 1 amide bonds. The van der Waals surface area contributed by atoms with E-state index in [1.807, 2.05) is 23.1 Å². The van der Waals surface area contributed by atoms with Crippen molar-refractivity contribution < 1.29 is 14.3 Å². The van der Waals surface area contributed by atoms with Crippen molar-refractivity contribution in [2.45, 2.75) is 24.5 Å². The lowest BCUT2D eigenvalue weighted by molar-refractivity contribution is -0.165. The number of benzene rings is 1. The van der Waals surface area contributed by atoms with Crippen molar-refractivity contribution in [3.8, 4) is 0 Å². The molecule has 1 unspecified atom stereocenters. The van der Waals surface area contributed by atoms with Gasteiger partial charge in [0.25, 0.3) is 5.91 Å². The predicted molar refractivity (Wildman–Crippen MR) is 83.6 cm³/mol. The maximum absolute atomic E-state index is 13.0. The monoisotopic (exact) mass is 304 g/mol. The van der Waals surface area contributed by atoms with Crippen LogP contribution in [-0.4, -0.2) is 56.3 Å². The summed E-state index contributed by atoms with van der Waals surface area (Å²) >= 11 is 0. The molecule has 22 heavy (non-hydrogen) atoms. The second-order valence-corrected chi connectivity index (χ2v) is 5.97. The summed E-state index contributed by atoms with van der Waals surface area (Å²) in [4.78, 5) is 14.9. The van der Waals surface area contributed by atoms with Crippen LogP contribution in [0.5, 0.6) is 0 Å². The third kappa shape index (κ3) is 3.02. The van der Waals surface area contributed by atoms with Gasteiger partial charge < -0.3 is 19.7 Å². The van der Waals surface area contributed by atoms with Crippen molar-refractivity contribution in [2.75, 3.05) is 39.9 Å². The zero-order valence-electron chi connectivity index (χ0n) is 13.1. The highest BCUT2D eigenvalue weighted by atomic mass is 16.5. The van der Waals surface area contributed by atoms with Crippen molar-refractivity contribution in [1.82, 2.24) is 10.2 Å². The molecule has 0 radical (unpaired) electrons. The molecule has 1 aromatic carbocycles. The standard InChI is InChI=1S/C17H24N2O3/c1-21-17(7-9-18-10-8-17)16(20)19-11-12-22-15(13-19)14-5-3-2-4-6-14/h2-6,15,18H,7-13H2,1H3. The van der Waals surface area contributed by atoms with Crippen LogP contribution in [0.1, 0.15) is 24.5 Å². The van der Waals surface area contributed by atoms with Gasteiger partial charge in [-0.05, 0) is 31.5 Å². The highest BCUT2D eigenvalue weighted by molar-refractivity contribution is 5.85. The number of ether oxygens (including phenoxy) is 2. The van der Waals surface area contributed by atoms with Crippen LogP contribution < -0.4 is 5.32 Å². The molecule has 0 saturated carbocycles. The van der Waals surface area contributed by atoms with Crippen LogP contribution in [0.15, 0.2) is 30.3 Å². The number of nitrogens with one attached hydrogen (secondary N) is 1. The van der Waals surface area contributed by atoms with E-state index in [1.54, 1.807) is 7.11 Å². The second kappa shape index (κ2) is 6.77. The van der Waals surface area contributed by atoms with Gasteiger partial charge in [0.05, 0.1) is 13.2 Å². The molecule has 1 atom stereocenters. The maximum atomic E-state index is 13.0. The number of methoxy groups -OCH3 is 1. The van der Waals surface area contributed by atoms with Crippen LogP contribution in [-0.2, 0) is 14.3 Å². The normalized spacial score (nSPS) is 25.0. The van der Waals surface area contributed by atoms with Gasteiger partial charge in [-0.2, -0.15) is 0 Å². The molecule has 2 heterocycles. The Balaban J connectivity index is 1.72. The molecule has 5 heteroatoms. The van der Waals surface area contributed by atoms with Gasteiger partial charge in [-0.25, -0.2) is 0 Å². The minimum atomic E-state index is -0.663. The quantitative estimate of drug-likeness (QED) is 0.916. The molecular formula is C17H24N2O3. The van der Waals surface area contributed by atoms with Gasteiger partial charge in [-0.1, -0.05) is 30.3 Å². The number of morpholine rings is 1. The van der Waals surface area contributed by atoms with E-state index in [9.17, 15) is 4.79 Å². The van der Waals surface area contributed by atoms with Crippen LogP contribution in [0, 0.1) is 0 Å². The fraction of sp³-hybridized carbons (Fsp3) is 0.588. The average Bonchev–Trinajstić information content (AvgIpc) is 2.62. The van der Waals surface area contributed by atoms with Crippen LogP contribution in [0.25, 0.3) is 0 Å². The molecule has 0 spiro atoms. The summed E-state index contributed by atoms with van der Waals surface area (Å²) in [7, 11) is 1.65.